The molecule has 0 amide bonds. The quantitative estimate of drug-likeness (QED) is 0.905. The van der Waals surface area contributed by atoms with E-state index < -0.39 is 0 Å². The standard InChI is InChI=1S/C14H20BrNO/c1-10(4-6-16)2-3-11-8-13(15)9-12-5-7-17-14(11)12/h8-10H,2-7,16H2,1H3. The molecule has 0 bridgehead atoms. The molecule has 0 saturated heterocycles. The lowest BCUT2D eigenvalue weighted by molar-refractivity contribution is 0.352. The van der Waals surface area contributed by atoms with Crippen LogP contribution in [0.5, 0.6) is 5.75 Å². The largest absolute Gasteiger partial charge is 0.493 e. The van der Waals surface area contributed by atoms with Crippen molar-refractivity contribution in [1.29, 1.82) is 0 Å². The van der Waals surface area contributed by atoms with Crippen LogP contribution >= 0.6 is 15.9 Å². The van der Waals surface area contributed by atoms with Crippen LogP contribution in [0, 0.1) is 5.92 Å². The van der Waals surface area contributed by atoms with Crippen molar-refractivity contribution in [3.63, 3.8) is 0 Å². The van der Waals surface area contributed by atoms with Gasteiger partial charge in [0, 0.05) is 10.9 Å². The minimum atomic E-state index is 0.691. The zero-order valence-electron chi connectivity index (χ0n) is 10.3. The Morgan fingerprint density at radius 1 is 1.41 bits per heavy atom. The van der Waals surface area contributed by atoms with Gasteiger partial charge in [0.15, 0.2) is 0 Å². The zero-order chi connectivity index (χ0) is 12.3. The number of ether oxygens (including phenoxy) is 1. The molecule has 1 heterocycles. The molecule has 1 aliphatic rings. The molecule has 1 unspecified atom stereocenters. The number of nitrogens with two attached hydrogens (primary N) is 1. The van der Waals surface area contributed by atoms with Gasteiger partial charge in [-0.2, -0.15) is 0 Å². The first kappa shape index (κ1) is 12.9. The van der Waals surface area contributed by atoms with Gasteiger partial charge in [0.1, 0.15) is 5.75 Å². The third-order valence-corrected chi connectivity index (χ3v) is 3.85. The minimum absolute atomic E-state index is 0.691. The van der Waals surface area contributed by atoms with Gasteiger partial charge >= 0.3 is 0 Å². The van der Waals surface area contributed by atoms with Crippen molar-refractivity contribution < 1.29 is 4.74 Å². The highest BCUT2D eigenvalue weighted by molar-refractivity contribution is 9.10. The van der Waals surface area contributed by atoms with Crippen LogP contribution < -0.4 is 10.5 Å². The third-order valence-electron chi connectivity index (χ3n) is 3.39. The van der Waals surface area contributed by atoms with E-state index in [1.54, 1.807) is 0 Å². The number of hydrogen-bond donors (Lipinski definition) is 1. The summed E-state index contributed by atoms with van der Waals surface area (Å²) in [5, 5.41) is 0. The molecule has 0 spiro atoms. The summed E-state index contributed by atoms with van der Waals surface area (Å²) in [6.45, 7) is 3.89. The van der Waals surface area contributed by atoms with Crippen LogP contribution in [-0.4, -0.2) is 13.2 Å². The van der Waals surface area contributed by atoms with E-state index in [0.29, 0.717) is 5.92 Å². The van der Waals surface area contributed by atoms with Crippen LogP contribution in [0.1, 0.15) is 30.9 Å². The smallest absolute Gasteiger partial charge is 0.125 e. The molecule has 1 aliphatic heterocycles. The Hall–Kier alpha value is -0.540. The monoisotopic (exact) mass is 297 g/mol. The second-order valence-electron chi connectivity index (χ2n) is 4.87. The lowest BCUT2D eigenvalue weighted by Crippen LogP contribution is -2.07. The highest BCUT2D eigenvalue weighted by Crippen LogP contribution is 2.34. The maximum atomic E-state index is 5.73. The summed E-state index contributed by atoms with van der Waals surface area (Å²) in [5.74, 6) is 1.82. The molecule has 2 N–H and O–H groups in total. The molecule has 0 saturated carbocycles. The van der Waals surface area contributed by atoms with Crippen molar-refractivity contribution in [1.82, 2.24) is 0 Å². The van der Waals surface area contributed by atoms with E-state index in [0.717, 1.165) is 38.2 Å². The summed E-state index contributed by atoms with van der Waals surface area (Å²) in [6.07, 6.45) is 4.42. The van der Waals surface area contributed by atoms with Gasteiger partial charge in [-0.25, -0.2) is 0 Å². The fraction of sp³-hybridized carbons (Fsp3) is 0.571. The molecule has 3 heteroatoms. The maximum absolute atomic E-state index is 5.73. The van der Waals surface area contributed by atoms with Crippen LogP contribution in [0.2, 0.25) is 0 Å². The summed E-state index contributed by atoms with van der Waals surface area (Å²) < 4.78 is 6.90. The molecule has 1 aromatic carbocycles. The molecule has 0 fully saturated rings. The Kier molecular flexibility index (Phi) is 4.46. The second-order valence-corrected chi connectivity index (χ2v) is 5.79. The predicted octanol–water partition coefficient (Wildman–Crippen LogP) is 3.30. The summed E-state index contributed by atoms with van der Waals surface area (Å²) in [4.78, 5) is 0. The number of fused-ring (bicyclic) bond motifs is 1. The van der Waals surface area contributed by atoms with Crippen LogP contribution in [0.3, 0.4) is 0 Å². The average molecular weight is 298 g/mol. The van der Waals surface area contributed by atoms with E-state index in [-0.39, 0.29) is 0 Å². The molecule has 0 aromatic heterocycles. The van der Waals surface area contributed by atoms with Gasteiger partial charge < -0.3 is 10.5 Å². The van der Waals surface area contributed by atoms with Crippen LogP contribution in [0.4, 0.5) is 0 Å². The van der Waals surface area contributed by atoms with Gasteiger partial charge in [-0.15, -0.1) is 0 Å². The van der Waals surface area contributed by atoms with E-state index in [1.807, 2.05) is 0 Å². The Bertz CT molecular complexity index is 392. The van der Waals surface area contributed by atoms with Crippen LogP contribution in [0.15, 0.2) is 16.6 Å². The molecular formula is C14H20BrNO. The van der Waals surface area contributed by atoms with Gasteiger partial charge in [-0.05, 0) is 55.0 Å². The number of rotatable bonds is 5. The second kappa shape index (κ2) is 5.87. The van der Waals surface area contributed by atoms with Crippen molar-refractivity contribution in [2.45, 2.75) is 32.6 Å². The molecule has 0 aliphatic carbocycles. The first-order valence-electron chi connectivity index (χ1n) is 6.35. The van der Waals surface area contributed by atoms with E-state index in [1.165, 1.54) is 22.0 Å². The predicted molar refractivity (Wildman–Crippen MR) is 74.5 cm³/mol. The average Bonchev–Trinajstić information content (AvgIpc) is 2.74. The Labute approximate surface area is 112 Å². The normalized spacial score (nSPS) is 15.5. The number of hydrogen-bond acceptors (Lipinski definition) is 2. The van der Waals surface area contributed by atoms with Gasteiger partial charge in [-0.1, -0.05) is 22.9 Å². The molecule has 94 valence electrons. The van der Waals surface area contributed by atoms with Crippen molar-refractivity contribution in [2.24, 2.45) is 11.7 Å². The van der Waals surface area contributed by atoms with Crippen molar-refractivity contribution >= 4 is 15.9 Å². The Morgan fingerprint density at radius 2 is 2.24 bits per heavy atom. The summed E-state index contributed by atoms with van der Waals surface area (Å²) in [7, 11) is 0. The minimum Gasteiger partial charge on any atom is -0.493 e. The molecule has 17 heavy (non-hydrogen) atoms. The van der Waals surface area contributed by atoms with Gasteiger partial charge in [0.25, 0.3) is 0 Å². The van der Waals surface area contributed by atoms with Crippen LogP contribution in [-0.2, 0) is 12.8 Å². The lowest BCUT2D eigenvalue weighted by atomic mass is 9.96. The topological polar surface area (TPSA) is 35.2 Å². The molecule has 2 nitrogen and oxygen atoms in total. The van der Waals surface area contributed by atoms with E-state index in [4.69, 9.17) is 10.5 Å². The number of aryl methyl sites for hydroxylation is 1. The van der Waals surface area contributed by atoms with Crippen LogP contribution in [0.25, 0.3) is 0 Å². The molecule has 2 rings (SSSR count). The van der Waals surface area contributed by atoms with Gasteiger partial charge in [0.2, 0.25) is 0 Å². The fourth-order valence-corrected chi connectivity index (χ4v) is 2.92. The van der Waals surface area contributed by atoms with E-state index in [2.05, 4.69) is 35.0 Å². The van der Waals surface area contributed by atoms with Crippen molar-refractivity contribution in [3.8, 4) is 5.75 Å². The third kappa shape index (κ3) is 3.23. The summed E-state index contributed by atoms with van der Waals surface area (Å²) in [6, 6.07) is 4.37. The summed E-state index contributed by atoms with van der Waals surface area (Å²) in [5.41, 5.74) is 8.27. The summed E-state index contributed by atoms with van der Waals surface area (Å²) >= 11 is 3.58. The first-order valence-corrected chi connectivity index (χ1v) is 7.14. The van der Waals surface area contributed by atoms with Gasteiger partial charge in [0.05, 0.1) is 6.61 Å². The SMILES string of the molecule is CC(CCN)CCc1cc(Br)cc2c1OCC2. The maximum Gasteiger partial charge on any atom is 0.125 e. The Morgan fingerprint density at radius 3 is 3.00 bits per heavy atom. The lowest BCUT2D eigenvalue weighted by Gasteiger charge is -2.12. The van der Waals surface area contributed by atoms with E-state index in [9.17, 15) is 0 Å². The molecule has 1 aromatic rings. The van der Waals surface area contributed by atoms with Gasteiger partial charge in [-0.3, -0.25) is 0 Å². The highest BCUT2D eigenvalue weighted by atomic mass is 79.9. The van der Waals surface area contributed by atoms with Crippen molar-refractivity contribution in [3.05, 3.63) is 27.7 Å². The molecule has 0 radical (unpaired) electrons. The van der Waals surface area contributed by atoms with E-state index >= 15 is 0 Å². The molecule has 1 atom stereocenters. The molecular weight excluding hydrogens is 278 g/mol. The zero-order valence-corrected chi connectivity index (χ0v) is 11.9. The first-order chi connectivity index (χ1) is 8.20. The highest BCUT2D eigenvalue weighted by Gasteiger charge is 2.17. The van der Waals surface area contributed by atoms with Crippen molar-refractivity contribution in [2.75, 3.05) is 13.2 Å². The fourth-order valence-electron chi connectivity index (χ4n) is 2.36. The number of benzene rings is 1. The Balaban J connectivity index is 2.05. The number of halogens is 1.